The highest BCUT2D eigenvalue weighted by molar-refractivity contribution is 5.98. The van der Waals surface area contributed by atoms with Crippen molar-refractivity contribution in [2.24, 2.45) is 0 Å². The highest BCUT2D eigenvalue weighted by atomic mass is 16.3. The molecule has 1 atom stereocenters. The van der Waals surface area contributed by atoms with Gasteiger partial charge in [0.05, 0.1) is 0 Å². The van der Waals surface area contributed by atoms with Crippen molar-refractivity contribution in [2.45, 2.75) is 38.3 Å². The minimum atomic E-state index is -0.898. The molecule has 3 aromatic carbocycles. The SMILES string of the molecule is C=C1C/C1=C\C(CCCCN1C(=O)c2ccccc2C1O)=C(c1ccc(O)cc1)c1ccc(O)cc1.C=C1CC1=C. The second-order valence-corrected chi connectivity index (χ2v) is 10.7. The van der Waals surface area contributed by atoms with Gasteiger partial charge in [-0.1, -0.05) is 68.3 Å². The third kappa shape index (κ3) is 6.59. The maximum absolute atomic E-state index is 12.8. The van der Waals surface area contributed by atoms with Gasteiger partial charge in [-0.3, -0.25) is 4.79 Å². The van der Waals surface area contributed by atoms with Crippen molar-refractivity contribution in [1.29, 1.82) is 0 Å². The lowest BCUT2D eigenvalue weighted by molar-refractivity contribution is 0.0170. The summed E-state index contributed by atoms with van der Waals surface area (Å²) >= 11 is 0. The molecule has 3 N–H and O–H groups in total. The molecular formula is C36H35NO4. The van der Waals surface area contributed by atoms with Gasteiger partial charge in [-0.05, 0) is 107 Å². The summed E-state index contributed by atoms with van der Waals surface area (Å²) in [5, 5.41) is 30.3. The van der Waals surface area contributed by atoms with Crippen LogP contribution in [0.3, 0.4) is 0 Å². The number of aliphatic hydroxyl groups excluding tert-OH is 1. The van der Waals surface area contributed by atoms with Gasteiger partial charge < -0.3 is 20.2 Å². The van der Waals surface area contributed by atoms with Gasteiger partial charge >= 0.3 is 0 Å². The number of phenols is 2. The molecule has 2 saturated carbocycles. The van der Waals surface area contributed by atoms with Crippen molar-refractivity contribution in [3.05, 3.63) is 149 Å². The molecule has 0 aromatic heterocycles. The summed E-state index contributed by atoms with van der Waals surface area (Å²) in [7, 11) is 0. The van der Waals surface area contributed by atoms with Crippen molar-refractivity contribution in [1.82, 2.24) is 4.90 Å². The summed E-state index contributed by atoms with van der Waals surface area (Å²) in [5.74, 6) is 0.280. The first-order chi connectivity index (χ1) is 19.7. The lowest BCUT2D eigenvalue weighted by atomic mass is 9.90. The normalized spacial score (nSPS) is 17.7. The number of unbranched alkanes of at least 4 members (excludes halogenated alkanes) is 1. The molecule has 1 amide bonds. The average Bonchev–Trinajstić information content (AvgIpc) is 3.84. The molecule has 1 aliphatic heterocycles. The number of aromatic hydroxyl groups is 2. The summed E-state index contributed by atoms with van der Waals surface area (Å²) in [4.78, 5) is 14.3. The molecule has 2 fully saturated rings. The summed E-state index contributed by atoms with van der Waals surface area (Å²) in [6.07, 6.45) is 5.60. The van der Waals surface area contributed by atoms with Crippen LogP contribution in [0.2, 0.25) is 0 Å². The molecule has 6 rings (SSSR count). The van der Waals surface area contributed by atoms with E-state index in [2.05, 4.69) is 25.8 Å². The van der Waals surface area contributed by atoms with E-state index in [-0.39, 0.29) is 17.4 Å². The van der Waals surface area contributed by atoms with Crippen LogP contribution < -0.4 is 0 Å². The molecule has 5 nitrogen and oxygen atoms in total. The number of fused-ring (bicyclic) bond motifs is 1. The molecule has 0 radical (unpaired) electrons. The first-order valence-corrected chi connectivity index (χ1v) is 13.9. The number of aliphatic hydroxyl groups is 1. The first-order valence-electron chi connectivity index (χ1n) is 13.9. The number of hydrogen-bond acceptors (Lipinski definition) is 4. The maximum atomic E-state index is 12.8. The summed E-state index contributed by atoms with van der Waals surface area (Å²) in [6, 6.07) is 21.5. The molecule has 0 spiro atoms. The molecule has 3 aromatic rings. The number of allylic oxidation sites excluding steroid dienone is 6. The van der Waals surface area contributed by atoms with Crippen molar-refractivity contribution in [3.8, 4) is 11.5 Å². The monoisotopic (exact) mass is 545 g/mol. The molecule has 2 aliphatic carbocycles. The molecule has 208 valence electrons. The van der Waals surface area contributed by atoms with Crippen LogP contribution in [0, 0.1) is 0 Å². The quantitative estimate of drug-likeness (QED) is 0.255. The fourth-order valence-corrected chi connectivity index (χ4v) is 5.00. The Morgan fingerprint density at radius 2 is 1.34 bits per heavy atom. The van der Waals surface area contributed by atoms with Gasteiger partial charge in [-0.2, -0.15) is 0 Å². The number of nitrogens with zero attached hydrogens (tertiary/aromatic N) is 1. The van der Waals surface area contributed by atoms with E-state index < -0.39 is 6.23 Å². The number of hydrogen-bond donors (Lipinski definition) is 3. The van der Waals surface area contributed by atoms with E-state index in [0.717, 1.165) is 60.0 Å². The lowest BCUT2D eigenvalue weighted by Gasteiger charge is -2.21. The third-order valence-electron chi connectivity index (χ3n) is 7.64. The van der Waals surface area contributed by atoms with Crippen molar-refractivity contribution < 1.29 is 20.1 Å². The smallest absolute Gasteiger partial charge is 0.256 e. The second-order valence-electron chi connectivity index (χ2n) is 10.7. The summed E-state index contributed by atoms with van der Waals surface area (Å²) < 4.78 is 0. The zero-order chi connectivity index (χ0) is 29.1. The van der Waals surface area contributed by atoms with Crippen LogP contribution in [0.25, 0.3) is 5.57 Å². The number of benzene rings is 3. The van der Waals surface area contributed by atoms with Gasteiger partial charge in [-0.15, -0.1) is 0 Å². The van der Waals surface area contributed by atoms with Gasteiger partial charge in [0.1, 0.15) is 11.5 Å². The Bertz CT molecular complexity index is 1520. The second kappa shape index (κ2) is 11.9. The van der Waals surface area contributed by atoms with E-state index in [4.69, 9.17) is 0 Å². The van der Waals surface area contributed by atoms with Crippen LogP contribution in [0.15, 0.2) is 126 Å². The molecule has 3 aliphatic rings. The van der Waals surface area contributed by atoms with Gasteiger partial charge in [0.25, 0.3) is 5.91 Å². The van der Waals surface area contributed by atoms with E-state index in [1.165, 1.54) is 21.6 Å². The van der Waals surface area contributed by atoms with Crippen LogP contribution in [0.1, 0.15) is 65.4 Å². The number of amides is 1. The molecule has 0 saturated heterocycles. The molecule has 5 heteroatoms. The Morgan fingerprint density at radius 1 is 0.805 bits per heavy atom. The van der Waals surface area contributed by atoms with Gasteiger partial charge in [0.2, 0.25) is 0 Å². The van der Waals surface area contributed by atoms with E-state index >= 15 is 0 Å². The lowest BCUT2D eigenvalue weighted by Crippen LogP contribution is -2.29. The standard InChI is InChI=1S/C31H29NO4.C5H6/c1-20-18-24(20)19-23(6-4-5-17-32-30(35)27-7-2-3-8-28(27)31(32)36)29(21-9-13-25(33)14-10-21)22-11-15-26(34)16-12-22;1-4-3-5(4)2/h2-3,7-16,19,30,33-35H,1,4-6,17-18H2;1-3H2/b24-19+;. The minimum Gasteiger partial charge on any atom is -0.508 e. The largest absolute Gasteiger partial charge is 0.508 e. The molecular weight excluding hydrogens is 510 g/mol. The highest BCUT2D eigenvalue weighted by Crippen LogP contribution is 2.40. The average molecular weight is 546 g/mol. The topological polar surface area (TPSA) is 81.0 Å². The van der Waals surface area contributed by atoms with E-state index in [1.54, 1.807) is 36.4 Å². The van der Waals surface area contributed by atoms with Crippen LogP contribution in [0.5, 0.6) is 11.5 Å². The number of phenolic OH excluding ortho intramolecular Hbond substituents is 2. The Hall–Kier alpha value is -4.61. The van der Waals surface area contributed by atoms with Crippen LogP contribution in [0.4, 0.5) is 0 Å². The Balaban J connectivity index is 0.000000610. The Kier molecular flexibility index (Phi) is 8.09. The third-order valence-corrected chi connectivity index (χ3v) is 7.64. The Morgan fingerprint density at radius 3 is 1.83 bits per heavy atom. The van der Waals surface area contributed by atoms with E-state index in [1.807, 2.05) is 36.4 Å². The molecule has 41 heavy (non-hydrogen) atoms. The molecule has 1 heterocycles. The van der Waals surface area contributed by atoms with Crippen LogP contribution in [-0.4, -0.2) is 32.7 Å². The maximum Gasteiger partial charge on any atom is 0.256 e. The Labute approximate surface area is 241 Å². The minimum absolute atomic E-state index is 0.126. The number of carbonyl (C=O) groups is 1. The van der Waals surface area contributed by atoms with E-state index in [0.29, 0.717) is 17.7 Å². The predicted molar refractivity (Wildman–Crippen MR) is 163 cm³/mol. The zero-order valence-electron chi connectivity index (χ0n) is 23.1. The predicted octanol–water partition coefficient (Wildman–Crippen LogP) is 7.61. The van der Waals surface area contributed by atoms with Gasteiger partial charge in [0, 0.05) is 17.7 Å². The fraction of sp³-hybridized carbons (Fsp3) is 0.194. The van der Waals surface area contributed by atoms with Gasteiger partial charge in [0.15, 0.2) is 6.23 Å². The van der Waals surface area contributed by atoms with Crippen molar-refractivity contribution in [2.75, 3.05) is 6.54 Å². The van der Waals surface area contributed by atoms with Crippen molar-refractivity contribution in [3.63, 3.8) is 0 Å². The zero-order valence-corrected chi connectivity index (χ0v) is 23.1. The molecule has 0 bridgehead atoms. The molecule has 1 unspecified atom stereocenters. The summed E-state index contributed by atoms with van der Waals surface area (Å²) in [5.41, 5.74) is 10.2. The van der Waals surface area contributed by atoms with Crippen LogP contribution in [-0.2, 0) is 0 Å². The van der Waals surface area contributed by atoms with Crippen molar-refractivity contribution >= 4 is 11.5 Å². The van der Waals surface area contributed by atoms with Gasteiger partial charge in [-0.25, -0.2) is 0 Å². The first kappa shape index (κ1) is 27.9. The summed E-state index contributed by atoms with van der Waals surface area (Å²) in [6.45, 7) is 11.9. The fourth-order valence-electron chi connectivity index (χ4n) is 5.00. The van der Waals surface area contributed by atoms with E-state index in [9.17, 15) is 20.1 Å². The van der Waals surface area contributed by atoms with Crippen LogP contribution >= 0.6 is 0 Å². The highest BCUT2D eigenvalue weighted by Gasteiger charge is 2.34. The number of carbonyl (C=O) groups excluding carboxylic acids is 1. The number of rotatable bonds is 8.